The molecule has 0 radical (unpaired) electrons. The number of hydrogen-bond acceptors (Lipinski definition) is 8. The maximum atomic E-state index is 14.4. The van der Waals surface area contributed by atoms with Gasteiger partial charge in [-0.2, -0.15) is 5.10 Å². The molecule has 39 heavy (non-hydrogen) atoms. The van der Waals surface area contributed by atoms with Gasteiger partial charge in [-0.3, -0.25) is 9.36 Å². The third kappa shape index (κ3) is 5.54. The minimum Gasteiger partial charge on any atom is -0.497 e. The topological polar surface area (TPSA) is 148 Å². The molecule has 13 heteroatoms. The standard InChI is InChI=1S/C20H16FN5O6S.C6H6/c1-31-12-8-6-11(7-9-12)26-17-15(16(24-26)20(28)32-2)23-10-25(19(17)27)14-5-3-4-13(21)18(14)33(22,29)30;1-2-4-6-5-3-1/h3-10H,1-2H3,(H2,22,29,30);1-6H. The molecule has 3 aromatic carbocycles. The number of nitrogens with zero attached hydrogens (tertiary/aromatic N) is 4. The van der Waals surface area contributed by atoms with Crippen LogP contribution in [0.3, 0.4) is 0 Å². The van der Waals surface area contributed by atoms with Crippen molar-refractivity contribution in [2.75, 3.05) is 14.2 Å². The van der Waals surface area contributed by atoms with Crippen molar-refractivity contribution in [3.05, 3.63) is 107 Å². The normalized spacial score (nSPS) is 11.0. The molecule has 2 N–H and O–H groups in total. The molecule has 5 aromatic rings. The van der Waals surface area contributed by atoms with E-state index < -0.39 is 32.3 Å². The number of carbonyl (C=O) groups excluding carboxylic acids is 1. The van der Waals surface area contributed by atoms with Gasteiger partial charge in [0.05, 0.1) is 25.6 Å². The smallest absolute Gasteiger partial charge is 0.360 e. The molecule has 2 aromatic heterocycles. The van der Waals surface area contributed by atoms with E-state index in [1.807, 2.05) is 36.4 Å². The number of aromatic nitrogens is 4. The summed E-state index contributed by atoms with van der Waals surface area (Å²) in [6.45, 7) is 0. The number of esters is 1. The Bertz CT molecular complexity index is 1780. The van der Waals surface area contributed by atoms with Crippen LogP contribution < -0.4 is 15.4 Å². The predicted octanol–water partition coefficient (Wildman–Crippen LogP) is 2.84. The lowest BCUT2D eigenvalue weighted by Crippen LogP contribution is -2.25. The van der Waals surface area contributed by atoms with Crippen molar-refractivity contribution >= 4 is 27.0 Å². The van der Waals surface area contributed by atoms with Crippen LogP contribution in [-0.2, 0) is 14.8 Å². The Hall–Kier alpha value is -4.88. The molecule has 200 valence electrons. The summed E-state index contributed by atoms with van der Waals surface area (Å²) in [5.41, 5.74) is -1.30. The van der Waals surface area contributed by atoms with E-state index in [4.69, 9.17) is 14.6 Å². The van der Waals surface area contributed by atoms with Gasteiger partial charge in [0.15, 0.2) is 11.2 Å². The molecule has 0 atom stereocenters. The summed E-state index contributed by atoms with van der Waals surface area (Å²) in [6, 6.07) is 21.7. The highest BCUT2D eigenvalue weighted by Gasteiger charge is 2.26. The number of ether oxygens (including phenoxy) is 2. The largest absolute Gasteiger partial charge is 0.497 e. The number of benzene rings is 3. The Morgan fingerprint density at radius 2 is 1.56 bits per heavy atom. The lowest BCUT2D eigenvalue weighted by molar-refractivity contribution is 0.0595. The van der Waals surface area contributed by atoms with Gasteiger partial charge in [0.25, 0.3) is 5.56 Å². The number of rotatable bonds is 5. The van der Waals surface area contributed by atoms with Crippen LogP contribution in [0.25, 0.3) is 22.4 Å². The molecular formula is C26H22FN5O6S. The van der Waals surface area contributed by atoms with E-state index in [-0.39, 0.29) is 22.4 Å². The summed E-state index contributed by atoms with van der Waals surface area (Å²) >= 11 is 0. The van der Waals surface area contributed by atoms with Crippen molar-refractivity contribution in [3.8, 4) is 17.1 Å². The van der Waals surface area contributed by atoms with E-state index in [0.29, 0.717) is 11.4 Å². The van der Waals surface area contributed by atoms with Crippen LogP contribution >= 0.6 is 0 Å². The monoisotopic (exact) mass is 551 g/mol. The molecule has 0 spiro atoms. The van der Waals surface area contributed by atoms with Crippen molar-refractivity contribution in [3.63, 3.8) is 0 Å². The SMILES string of the molecule is COC(=O)c1nn(-c2ccc(OC)cc2)c2c(=O)n(-c3cccc(F)c3S(N)(=O)=O)cnc12.c1ccccc1. The number of fused-ring (bicyclic) bond motifs is 1. The first kappa shape index (κ1) is 27.2. The zero-order chi connectivity index (χ0) is 28.2. The molecule has 0 unspecified atom stereocenters. The quantitative estimate of drug-likeness (QED) is 0.328. The van der Waals surface area contributed by atoms with Crippen LogP contribution in [0.4, 0.5) is 4.39 Å². The highest BCUT2D eigenvalue weighted by molar-refractivity contribution is 7.89. The molecule has 0 fully saturated rings. The second-order valence-corrected chi connectivity index (χ2v) is 9.35. The van der Waals surface area contributed by atoms with Gasteiger partial charge in [-0.25, -0.2) is 32.4 Å². The zero-order valence-electron chi connectivity index (χ0n) is 20.7. The number of halogens is 1. The fourth-order valence-electron chi connectivity index (χ4n) is 3.68. The van der Waals surface area contributed by atoms with E-state index in [1.54, 1.807) is 24.3 Å². The number of sulfonamides is 1. The molecule has 0 saturated heterocycles. The third-order valence-electron chi connectivity index (χ3n) is 5.44. The zero-order valence-corrected chi connectivity index (χ0v) is 21.5. The van der Waals surface area contributed by atoms with Gasteiger partial charge in [0.2, 0.25) is 10.0 Å². The molecule has 0 bridgehead atoms. The van der Waals surface area contributed by atoms with Crippen molar-refractivity contribution in [2.45, 2.75) is 4.90 Å². The van der Waals surface area contributed by atoms with E-state index in [0.717, 1.165) is 28.8 Å². The van der Waals surface area contributed by atoms with Crippen molar-refractivity contribution in [2.24, 2.45) is 5.14 Å². The Labute approximate surface area is 221 Å². The average Bonchev–Trinajstić information content (AvgIpc) is 3.34. The number of nitrogens with two attached hydrogens (primary N) is 1. The summed E-state index contributed by atoms with van der Waals surface area (Å²) in [6.07, 6.45) is 0.959. The van der Waals surface area contributed by atoms with Crippen molar-refractivity contribution in [1.29, 1.82) is 0 Å². The second kappa shape index (κ2) is 11.2. The van der Waals surface area contributed by atoms with Crippen molar-refractivity contribution in [1.82, 2.24) is 19.3 Å². The molecule has 11 nitrogen and oxygen atoms in total. The molecule has 0 aliphatic heterocycles. The summed E-state index contributed by atoms with van der Waals surface area (Å²) in [4.78, 5) is 29.0. The van der Waals surface area contributed by atoms with Crippen LogP contribution in [0, 0.1) is 5.82 Å². The van der Waals surface area contributed by atoms with Gasteiger partial charge in [0, 0.05) is 0 Å². The second-order valence-electron chi connectivity index (χ2n) is 7.85. The first-order valence-electron chi connectivity index (χ1n) is 11.2. The maximum Gasteiger partial charge on any atom is 0.360 e. The van der Waals surface area contributed by atoms with E-state index >= 15 is 0 Å². The Morgan fingerprint density at radius 1 is 0.949 bits per heavy atom. The fourth-order valence-corrected chi connectivity index (χ4v) is 4.47. The Balaban J connectivity index is 0.000000519. The predicted molar refractivity (Wildman–Crippen MR) is 140 cm³/mol. The van der Waals surface area contributed by atoms with Gasteiger partial charge < -0.3 is 9.47 Å². The highest BCUT2D eigenvalue weighted by atomic mass is 32.2. The van der Waals surface area contributed by atoms with Crippen molar-refractivity contribution < 1.29 is 27.1 Å². The molecule has 5 rings (SSSR count). The van der Waals surface area contributed by atoms with E-state index in [1.165, 1.54) is 19.2 Å². The van der Waals surface area contributed by atoms with Crippen LogP contribution in [0.15, 0.2) is 94.9 Å². The van der Waals surface area contributed by atoms with Crippen LogP contribution in [-0.4, -0.2) is 47.9 Å². The van der Waals surface area contributed by atoms with E-state index in [9.17, 15) is 22.4 Å². The average molecular weight is 552 g/mol. The summed E-state index contributed by atoms with van der Waals surface area (Å²) in [5, 5.41) is 9.35. The molecule has 0 aliphatic carbocycles. The molecule has 0 aliphatic rings. The summed E-state index contributed by atoms with van der Waals surface area (Å²) < 4.78 is 50.2. The summed E-state index contributed by atoms with van der Waals surface area (Å²) in [7, 11) is -1.91. The number of carbonyl (C=O) groups is 1. The van der Waals surface area contributed by atoms with Gasteiger partial charge >= 0.3 is 5.97 Å². The van der Waals surface area contributed by atoms with Gasteiger partial charge in [-0.15, -0.1) is 0 Å². The molecule has 2 heterocycles. The lowest BCUT2D eigenvalue weighted by atomic mass is 10.2. The summed E-state index contributed by atoms with van der Waals surface area (Å²) in [5.74, 6) is -1.44. The first-order chi connectivity index (χ1) is 18.7. The number of hydrogen-bond donors (Lipinski definition) is 1. The lowest BCUT2D eigenvalue weighted by Gasteiger charge is -2.11. The van der Waals surface area contributed by atoms with Crippen LogP contribution in [0.2, 0.25) is 0 Å². The minimum absolute atomic E-state index is 0.0903. The molecule has 0 saturated carbocycles. The Morgan fingerprint density at radius 3 is 2.10 bits per heavy atom. The third-order valence-corrected chi connectivity index (χ3v) is 6.41. The highest BCUT2D eigenvalue weighted by Crippen LogP contribution is 2.24. The fraction of sp³-hybridized carbons (Fsp3) is 0.0769. The molecular weight excluding hydrogens is 529 g/mol. The number of primary sulfonamides is 1. The Kier molecular flexibility index (Phi) is 7.83. The molecule has 0 amide bonds. The first-order valence-corrected chi connectivity index (χ1v) is 12.8. The van der Waals surface area contributed by atoms with Crippen LogP contribution in [0.1, 0.15) is 10.5 Å². The maximum absolute atomic E-state index is 14.4. The minimum atomic E-state index is -4.54. The van der Waals surface area contributed by atoms with Gasteiger partial charge in [-0.05, 0) is 36.4 Å². The van der Waals surface area contributed by atoms with Crippen LogP contribution in [0.5, 0.6) is 5.75 Å². The van der Waals surface area contributed by atoms with Gasteiger partial charge in [0.1, 0.15) is 28.3 Å². The van der Waals surface area contributed by atoms with Gasteiger partial charge in [-0.1, -0.05) is 42.5 Å². The van der Waals surface area contributed by atoms with E-state index in [2.05, 4.69) is 10.1 Å². The number of methoxy groups -OCH3 is 2.